The molecule has 98 valence electrons. The van der Waals surface area contributed by atoms with Gasteiger partial charge in [-0.3, -0.25) is 9.20 Å². The highest BCUT2D eigenvalue weighted by molar-refractivity contribution is 5.40. The first-order chi connectivity index (χ1) is 9.67. The molecule has 0 aromatic carbocycles. The van der Waals surface area contributed by atoms with Crippen molar-refractivity contribution < 1.29 is 0 Å². The lowest BCUT2D eigenvalue weighted by Gasteiger charge is -2.06. The molecule has 3 heterocycles. The molecule has 20 heavy (non-hydrogen) atoms. The van der Waals surface area contributed by atoms with Gasteiger partial charge >= 0.3 is 0 Å². The van der Waals surface area contributed by atoms with E-state index in [-0.39, 0.29) is 11.4 Å². The monoisotopic (exact) mass is 266 g/mol. The van der Waals surface area contributed by atoms with Gasteiger partial charge in [-0.05, 0) is 19.1 Å². The first kappa shape index (κ1) is 12.0. The van der Waals surface area contributed by atoms with E-state index in [4.69, 9.17) is 5.26 Å². The van der Waals surface area contributed by atoms with Crippen molar-refractivity contribution in [2.45, 2.75) is 13.5 Å². The van der Waals surface area contributed by atoms with Crippen LogP contribution in [0.2, 0.25) is 0 Å². The van der Waals surface area contributed by atoms with Gasteiger partial charge in [0.05, 0.1) is 12.2 Å². The highest BCUT2D eigenvalue weighted by atomic mass is 16.1. The Morgan fingerprint density at radius 1 is 1.40 bits per heavy atom. The predicted molar refractivity (Wildman–Crippen MR) is 70.0 cm³/mol. The maximum Gasteiger partial charge on any atom is 0.258 e. The molecule has 0 fully saturated rings. The van der Waals surface area contributed by atoms with Crippen LogP contribution in [0.4, 0.5) is 0 Å². The Balaban J connectivity index is 2.05. The average Bonchev–Trinajstić information content (AvgIpc) is 2.86. The standard InChI is InChI=1S/C13H10N6O/c1-9-3-2-4-12-16-10(5-13(20)19(9)12)7-18-8-15-11(6-14)17-18/h2-5,8H,7H2,1H3. The van der Waals surface area contributed by atoms with Crippen LogP contribution < -0.4 is 5.56 Å². The second kappa shape index (κ2) is 4.59. The van der Waals surface area contributed by atoms with E-state index in [0.29, 0.717) is 17.9 Å². The summed E-state index contributed by atoms with van der Waals surface area (Å²) in [6.45, 7) is 2.15. The largest absolute Gasteiger partial charge is 0.269 e. The summed E-state index contributed by atoms with van der Waals surface area (Å²) in [5.74, 6) is 0.0957. The number of nitrogens with zero attached hydrogens (tertiary/aromatic N) is 6. The minimum absolute atomic E-state index is 0.0957. The summed E-state index contributed by atoms with van der Waals surface area (Å²) < 4.78 is 3.03. The molecular weight excluding hydrogens is 256 g/mol. The van der Waals surface area contributed by atoms with Crippen LogP contribution in [0.15, 0.2) is 35.4 Å². The number of aromatic nitrogens is 5. The molecule has 3 aromatic heterocycles. The van der Waals surface area contributed by atoms with E-state index in [1.165, 1.54) is 17.1 Å². The smallest absolute Gasteiger partial charge is 0.258 e. The van der Waals surface area contributed by atoms with Gasteiger partial charge in [-0.1, -0.05) is 6.07 Å². The molecule has 0 aliphatic carbocycles. The number of hydrogen-bond acceptors (Lipinski definition) is 5. The zero-order valence-electron chi connectivity index (χ0n) is 10.7. The third-order valence-corrected chi connectivity index (χ3v) is 2.89. The molecule has 0 unspecified atom stereocenters. The summed E-state index contributed by atoms with van der Waals surface area (Å²) in [5, 5.41) is 12.6. The van der Waals surface area contributed by atoms with Crippen molar-refractivity contribution in [3.05, 3.63) is 58.2 Å². The third-order valence-electron chi connectivity index (χ3n) is 2.89. The topological polar surface area (TPSA) is 88.9 Å². The van der Waals surface area contributed by atoms with Gasteiger partial charge in [0.25, 0.3) is 11.4 Å². The van der Waals surface area contributed by atoms with Gasteiger partial charge in [-0.15, -0.1) is 5.10 Å². The molecule has 0 aliphatic heterocycles. The van der Waals surface area contributed by atoms with E-state index >= 15 is 0 Å². The number of aryl methyl sites for hydroxylation is 1. The first-order valence-corrected chi connectivity index (χ1v) is 5.95. The molecule has 7 heteroatoms. The molecule has 3 aromatic rings. The molecule has 0 bridgehead atoms. The normalized spacial score (nSPS) is 10.6. The number of pyridine rings is 1. The minimum Gasteiger partial charge on any atom is -0.269 e. The highest BCUT2D eigenvalue weighted by Gasteiger charge is 2.06. The average molecular weight is 266 g/mol. The van der Waals surface area contributed by atoms with E-state index in [1.807, 2.05) is 25.1 Å². The van der Waals surface area contributed by atoms with Gasteiger partial charge < -0.3 is 0 Å². The lowest BCUT2D eigenvalue weighted by molar-refractivity contribution is 0.666. The molecule has 7 nitrogen and oxygen atoms in total. The van der Waals surface area contributed by atoms with Crippen molar-refractivity contribution in [2.24, 2.45) is 0 Å². The van der Waals surface area contributed by atoms with Crippen LogP contribution in [0, 0.1) is 18.3 Å². The van der Waals surface area contributed by atoms with Crippen molar-refractivity contribution in [1.29, 1.82) is 5.26 Å². The molecule has 0 saturated carbocycles. The maximum atomic E-state index is 12.1. The Bertz CT molecular complexity index is 886. The van der Waals surface area contributed by atoms with Crippen LogP contribution in [0.25, 0.3) is 5.65 Å². The number of fused-ring (bicyclic) bond motifs is 1. The SMILES string of the molecule is Cc1cccc2nc(Cn3cnc(C#N)n3)cc(=O)n12. The third kappa shape index (κ3) is 2.03. The summed E-state index contributed by atoms with van der Waals surface area (Å²) in [7, 11) is 0. The molecule has 0 saturated heterocycles. The van der Waals surface area contributed by atoms with Gasteiger partial charge in [0.1, 0.15) is 18.0 Å². The van der Waals surface area contributed by atoms with Gasteiger partial charge in [-0.2, -0.15) is 5.26 Å². The predicted octanol–water partition coefficient (Wildman–Crippen LogP) is 0.514. The lowest BCUT2D eigenvalue weighted by atomic mass is 10.3. The molecule has 0 spiro atoms. The molecule has 0 aliphatic rings. The first-order valence-electron chi connectivity index (χ1n) is 5.95. The molecule has 0 N–H and O–H groups in total. The van der Waals surface area contributed by atoms with Crippen molar-refractivity contribution >= 4 is 5.65 Å². The van der Waals surface area contributed by atoms with Gasteiger partial charge in [0.2, 0.25) is 0 Å². The van der Waals surface area contributed by atoms with Crippen molar-refractivity contribution in [1.82, 2.24) is 24.1 Å². The second-order valence-electron chi connectivity index (χ2n) is 4.32. The lowest BCUT2D eigenvalue weighted by Crippen LogP contribution is -2.18. The van der Waals surface area contributed by atoms with Crippen LogP contribution in [0.5, 0.6) is 0 Å². The quantitative estimate of drug-likeness (QED) is 0.674. The molecular formula is C13H10N6O. The Morgan fingerprint density at radius 2 is 2.25 bits per heavy atom. The molecule has 3 rings (SSSR count). The molecule has 0 atom stereocenters. The van der Waals surface area contributed by atoms with E-state index in [0.717, 1.165) is 5.69 Å². The van der Waals surface area contributed by atoms with E-state index in [1.54, 1.807) is 10.5 Å². The summed E-state index contributed by atoms with van der Waals surface area (Å²) in [5.41, 5.74) is 1.87. The Morgan fingerprint density at radius 3 is 3.00 bits per heavy atom. The number of nitriles is 1. The summed E-state index contributed by atoms with van der Waals surface area (Å²) in [6, 6.07) is 8.80. The zero-order valence-corrected chi connectivity index (χ0v) is 10.7. The van der Waals surface area contributed by atoms with Crippen LogP contribution in [-0.4, -0.2) is 24.1 Å². The fraction of sp³-hybridized carbons (Fsp3) is 0.154. The van der Waals surface area contributed by atoms with Crippen LogP contribution in [-0.2, 0) is 6.54 Å². The zero-order chi connectivity index (χ0) is 14.1. The van der Waals surface area contributed by atoms with Gasteiger partial charge in [0.15, 0.2) is 0 Å². The summed E-state index contributed by atoms with van der Waals surface area (Å²) in [4.78, 5) is 20.3. The second-order valence-corrected chi connectivity index (χ2v) is 4.32. The minimum atomic E-state index is -0.135. The van der Waals surface area contributed by atoms with Crippen LogP contribution in [0.1, 0.15) is 17.2 Å². The van der Waals surface area contributed by atoms with E-state index in [2.05, 4.69) is 15.1 Å². The van der Waals surface area contributed by atoms with Crippen LogP contribution in [0.3, 0.4) is 0 Å². The van der Waals surface area contributed by atoms with Crippen LogP contribution >= 0.6 is 0 Å². The maximum absolute atomic E-state index is 12.1. The summed E-state index contributed by atoms with van der Waals surface area (Å²) >= 11 is 0. The van der Waals surface area contributed by atoms with E-state index in [9.17, 15) is 4.79 Å². The van der Waals surface area contributed by atoms with Crippen molar-refractivity contribution in [3.8, 4) is 6.07 Å². The fourth-order valence-corrected chi connectivity index (χ4v) is 2.03. The Kier molecular flexibility index (Phi) is 2.76. The molecule has 0 amide bonds. The van der Waals surface area contributed by atoms with Crippen molar-refractivity contribution in [2.75, 3.05) is 0 Å². The summed E-state index contributed by atoms with van der Waals surface area (Å²) in [6.07, 6.45) is 1.44. The van der Waals surface area contributed by atoms with Gasteiger partial charge in [0, 0.05) is 11.8 Å². The highest BCUT2D eigenvalue weighted by Crippen LogP contribution is 2.04. The Hall–Kier alpha value is -3.01. The molecule has 0 radical (unpaired) electrons. The fourth-order valence-electron chi connectivity index (χ4n) is 2.03. The number of hydrogen-bond donors (Lipinski definition) is 0. The number of rotatable bonds is 2. The van der Waals surface area contributed by atoms with E-state index < -0.39 is 0 Å². The van der Waals surface area contributed by atoms with Crippen molar-refractivity contribution in [3.63, 3.8) is 0 Å². The van der Waals surface area contributed by atoms with Gasteiger partial charge in [-0.25, -0.2) is 14.6 Å². The Labute approximate surface area is 113 Å².